The van der Waals surface area contributed by atoms with Crippen LogP contribution in [0.1, 0.15) is 37.1 Å². The molecule has 0 bridgehead atoms. The topological polar surface area (TPSA) is 89.0 Å². The first-order chi connectivity index (χ1) is 11.0. The lowest BCUT2D eigenvalue weighted by molar-refractivity contribution is -0.147. The molecule has 1 aliphatic heterocycles. The Morgan fingerprint density at radius 2 is 2.39 bits per heavy atom. The molecule has 0 saturated carbocycles. The fourth-order valence-electron chi connectivity index (χ4n) is 2.44. The van der Waals surface area contributed by atoms with Gasteiger partial charge in [-0.15, -0.1) is 11.3 Å². The number of ether oxygens (including phenoxy) is 2. The molecule has 1 saturated heterocycles. The predicted octanol–water partition coefficient (Wildman–Crippen LogP) is 1.49. The van der Waals surface area contributed by atoms with Gasteiger partial charge in [0.25, 0.3) is 0 Å². The first-order valence-corrected chi connectivity index (χ1v) is 8.54. The summed E-state index contributed by atoms with van der Waals surface area (Å²) in [6.07, 6.45) is -0.377. The van der Waals surface area contributed by atoms with Crippen molar-refractivity contribution in [2.75, 3.05) is 26.3 Å². The monoisotopic (exact) mass is 342 g/mol. The number of carboxylic acid groups (broad SMARTS) is 1. The van der Waals surface area contributed by atoms with Crippen LogP contribution in [0.25, 0.3) is 0 Å². The van der Waals surface area contributed by atoms with Gasteiger partial charge in [-0.1, -0.05) is 0 Å². The van der Waals surface area contributed by atoms with E-state index in [4.69, 9.17) is 14.6 Å². The van der Waals surface area contributed by atoms with E-state index in [0.29, 0.717) is 26.3 Å². The van der Waals surface area contributed by atoms with Gasteiger partial charge in [0, 0.05) is 25.1 Å². The predicted molar refractivity (Wildman–Crippen MR) is 84.4 cm³/mol. The molecule has 23 heavy (non-hydrogen) atoms. The molecule has 7 nitrogen and oxygen atoms in total. The van der Waals surface area contributed by atoms with Crippen molar-refractivity contribution >= 4 is 23.2 Å². The van der Waals surface area contributed by atoms with Crippen LogP contribution in [-0.4, -0.2) is 59.3 Å². The van der Waals surface area contributed by atoms with Crippen LogP contribution in [0.2, 0.25) is 0 Å². The molecule has 0 aliphatic carbocycles. The van der Waals surface area contributed by atoms with E-state index in [1.807, 2.05) is 19.2 Å². The molecule has 8 heteroatoms. The Kier molecular flexibility index (Phi) is 6.49. The molecular weight excluding hydrogens is 320 g/mol. The quantitative estimate of drug-likeness (QED) is 0.807. The summed E-state index contributed by atoms with van der Waals surface area (Å²) >= 11 is 1.49. The molecule has 1 N–H and O–H groups in total. The van der Waals surface area contributed by atoms with E-state index >= 15 is 0 Å². The van der Waals surface area contributed by atoms with Crippen molar-refractivity contribution in [2.24, 2.45) is 0 Å². The summed E-state index contributed by atoms with van der Waals surface area (Å²) in [5.74, 6) is -0.969. The van der Waals surface area contributed by atoms with Crippen LogP contribution >= 0.6 is 11.3 Å². The van der Waals surface area contributed by atoms with Crippen molar-refractivity contribution < 1.29 is 24.2 Å². The summed E-state index contributed by atoms with van der Waals surface area (Å²) in [7, 11) is 0. The average molecular weight is 342 g/mol. The smallest absolute Gasteiger partial charge is 0.306 e. The molecule has 128 valence electrons. The largest absolute Gasteiger partial charge is 0.481 e. The fraction of sp³-hybridized carbons (Fsp3) is 0.667. The molecule has 0 aromatic carbocycles. The van der Waals surface area contributed by atoms with Gasteiger partial charge in [0.1, 0.15) is 11.1 Å². The Hall–Kier alpha value is -1.51. The normalized spacial score (nSPS) is 19.6. The Bertz CT molecular complexity index is 548. The number of aliphatic carboxylic acids is 1. The molecular formula is C15H22N2O5S. The van der Waals surface area contributed by atoms with Crippen molar-refractivity contribution in [1.82, 2.24) is 9.88 Å². The van der Waals surface area contributed by atoms with Crippen molar-refractivity contribution in [3.63, 3.8) is 0 Å². The molecule has 1 aliphatic rings. The lowest BCUT2D eigenvalue weighted by atomic mass is 10.2. The summed E-state index contributed by atoms with van der Waals surface area (Å²) in [5, 5.41) is 11.6. The first-order valence-electron chi connectivity index (χ1n) is 7.66. The van der Waals surface area contributed by atoms with Crippen LogP contribution < -0.4 is 0 Å². The minimum Gasteiger partial charge on any atom is -0.481 e. The highest BCUT2D eigenvalue weighted by atomic mass is 32.1. The number of rotatable bonds is 7. The van der Waals surface area contributed by atoms with Gasteiger partial charge in [-0.05, 0) is 13.8 Å². The van der Waals surface area contributed by atoms with E-state index in [-0.39, 0.29) is 24.9 Å². The van der Waals surface area contributed by atoms with Crippen molar-refractivity contribution in [1.29, 1.82) is 0 Å². The third-order valence-electron chi connectivity index (χ3n) is 3.56. The highest BCUT2D eigenvalue weighted by Gasteiger charge is 2.26. The number of carbonyl (C=O) groups is 2. The van der Waals surface area contributed by atoms with E-state index in [1.54, 1.807) is 4.90 Å². The highest BCUT2D eigenvalue weighted by molar-refractivity contribution is 7.09. The van der Waals surface area contributed by atoms with Crippen LogP contribution in [0.3, 0.4) is 0 Å². The lowest BCUT2D eigenvalue weighted by Gasteiger charge is -2.32. The van der Waals surface area contributed by atoms with Gasteiger partial charge in [-0.2, -0.15) is 0 Å². The number of morpholine rings is 1. The highest BCUT2D eigenvalue weighted by Crippen LogP contribution is 2.21. The molecule has 2 rings (SSSR count). The zero-order valence-corrected chi connectivity index (χ0v) is 14.2. The number of aromatic nitrogens is 1. The van der Waals surface area contributed by atoms with E-state index < -0.39 is 12.1 Å². The molecule has 0 unspecified atom stereocenters. The standard InChI is InChI=1S/C15H22N2O5S/c1-3-21-10(2)15-16-11(9-23-15)6-13(18)17-4-5-22-12(8-17)7-14(19)20/h9-10,12H,3-8H2,1-2H3,(H,19,20)/t10-,12-/m1/s1. The van der Waals surface area contributed by atoms with E-state index in [9.17, 15) is 9.59 Å². The SMILES string of the molecule is CCO[C@H](C)c1nc(CC(=O)N2CCO[C@H](CC(=O)O)C2)cs1. The molecule has 1 aromatic rings. The lowest BCUT2D eigenvalue weighted by Crippen LogP contribution is -2.46. The summed E-state index contributed by atoms with van der Waals surface area (Å²) < 4.78 is 10.9. The van der Waals surface area contributed by atoms with Crippen molar-refractivity contribution in [3.05, 3.63) is 16.1 Å². The van der Waals surface area contributed by atoms with Gasteiger partial charge in [-0.3, -0.25) is 9.59 Å². The molecule has 1 aromatic heterocycles. The number of nitrogens with zero attached hydrogens (tertiary/aromatic N) is 2. The number of carboxylic acids is 1. The Balaban J connectivity index is 1.89. The van der Waals surface area contributed by atoms with Crippen LogP contribution in [0.5, 0.6) is 0 Å². The molecule has 1 amide bonds. The molecule has 2 atom stereocenters. The zero-order chi connectivity index (χ0) is 16.8. The summed E-state index contributed by atoms with van der Waals surface area (Å²) in [6.45, 7) is 5.66. The number of amides is 1. The Morgan fingerprint density at radius 3 is 3.09 bits per heavy atom. The minimum absolute atomic E-state index is 0.0513. The maximum absolute atomic E-state index is 12.4. The minimum atomic E-state index is -0.918. The van der Waals surface area contributed by atoms with Gasteiger partial charge in [-0.25, -0.2) is 4.98 Å². The van der Waals surface area contributed by atoms with E-state index in [1.165, 1.54) is 11.3 Å². The maximum atomic E-state index is 12.4. The molecule has 0 radical (unpaired) electrons. The fourth-order valence-corrected chi connectivity index (χ4v) is 3.27. The van der Waals surface area contributed by atoms with Crippen molar-refractivity contribution in [3.8, 4) is 0 Å². The number of hydrogen-bond acceptors (Lipinski definition) is 6. The van der Waals surface area contributed by atoms with E-state index in [0.717, 1.165) is 10.7 Å². The summed E-state index contributed by atoms with van der Waals surface area (Å²) in [6, 6.07) is 0. The number of thiazole rings is 1. The summed E-state index contributed by atoms with van der Waals surface area (Å²) in [5.41, 5.74) is 0.725. The second-order valence-electron chi connectivity index (χ2n) is 5.38. The molecule has 1 fully saturated rings. The van der Waals surface area contributed by atoms with Crippen molar-refractivity contribution in [2.45, 2.75) is 38.9 Å². The molecule has 0 spiro atoms. The Morgan fingerprint density at radius 1 is 1.61 bits per heavy atom. The Labute approximate surface area is 139 Å². The van der Waals surface area contributed by atoms with Crippen LogP contribution in [0, 0.1) is 0 Å². The first kappa shape index (κ1) is 17.8. The van der Waals surface area contributed by atoms with Gasteiger partial charge < -0.3 is 19.5 Å². The van der Waals surface area contributed by atoms with Gasteiger partial charge >= 0.3 is 5.97 Å². The molecule has 2 heterocycles. The van der Waals surface area contributed by atoms with Crippen LogP contribution in [0.15, 0.2) is 5.38 Å². The van der Waals surface area contributed by atoms with Crippen LogP contribution in [-0.2, 0) is 25.5 Å². The number of hydrogen-bond donors (Lipinski definition) is 1. The average Bonchev–Trinajstić information content (AvgIpc) is 2.95. The number of carbonyl (C=O) groups excluding carboxylic acids is 1. The maximum Gasteiger partial charge on any atom is 0.306 e. The summed E-state index contributed by atoms with van der Waals surface area (Å²) in [4.78, 5) is 29.2. The van der Waals surface area contributed by atoms with Gasteiger partial charge in [0.15, 0.2) is 0 Å². The third kappa shape index (κ3) is 5.26. The second kappa shape index (κ2) is 8.37. The zero-order valence-electron chi connectivity index (χ0n) is 13.4. The van der Waals surface area contributed by atoms with E-state index in [2.05, 4.69) is 4.98 Å². The van der Waals surface area contributed by atoms with Crippen LogP contribution in [0.4, 0.5) is 0 Å². The second-order valence-corrected chi connectivity index (χ2v) is 6.27. The third-order valence-corrected chi connectivity index (χ3v) is 4.61. The van der Waals surface area contributed by atoms with Gasteiger partial charge in [0.2, 0.25) is 5.91 Å². The van der Waals surface area contributed by atoms with Gasteiger partial charge in [0.05, 0.1) is 31.2 Å².